The van der Waals surface area contributed by atoms with Crippen LogP contribution in [0.1, 0.15) is 30.1 Å². The van der Waals surface area contributed by atoms with Crippen LogP contribution in [0.5, 0.6) is 0 Å². The lowest BCUT2D eigenvalue weighted by atomic mass is 10.0. The third-order valence-electron chi connectivity index (χ3n) is 4.06. The number of rotatable bonds is 9. The predicted octanol–water partition coefficient (Wildman–Crippen LogP) is 4.00. The Morgan fingerprint density at radius 1 is 1.12 bits per heavy atom. The Morgan fingerprint density at radius 2 is 1.76 bits per heavy atom. The van der Waals surface area contributed by atoms with Crippen LogP contribution in [0.3, 0.4) is 0 Å². The summed E-state index contributed by atoms with van der Waals surface area (Å²) in [6, 6.07) is 16.3. The second-order valence-corrected chi connectivity index (χ2v) is 7.74. The molecular weight excluding hydrogens is 334 g/mol. The summed E-state index contributed by atoms with van der Waals surface area (Å²) in [6.07, 6.45) is 2.59. The molecule has 0 bridgehead atoms. The van der Waals surface area contributed by atoms with E-state index in [2.05, 4.69) is 11.3 Å². The number of benzene rings is 2. The molecule has 134 valence electrons. The van der Waals surface area contributed by atoms with E-state index in [1.807, 2.05) is 37.3 Å². The number of methoxy groups -OCH3 is 1. The van der Waals surface area contributed by atoms with Crippen LogP contribution in [-0.4, -0.2) is 21.6 Å². The Bertz CT molecular complexity index is 770. The summed E-state index contributed by atoms with van der Waals surface area (Å²) in [7, 11) is -1.95. The fraction of sp³-hybridized carbons (Fsp3) is 0.300. The molecular formula is C20H25NO3S. The van der Waals surface area contributed by atoms with Crippen molar-refractivity contribution in [3.8, 4) is 0 Å². The normalized spacial score (nSPS) is 14.0. The molecule has 0 heterocycles. The molecule has 0 aliphatic carbocycles. The van der Waals surface area contributed by atoms with Crippen molar-refractivity contribution >= 4 is 10.0 Å². The van der Waals surface area contributed by atoms with Gasteiger partial charge in [0.2, 0.25) is 10.0 Å². The van der Waals surface area contributed by atoms with Gasteiger partial charge in [-0.05, 0) is 37.5 Å². The minimum atomic E-state index is -3.59. The van der Waals surface area contributed by atoms with Crippen molar-refractivity contribution in [1.29, 1.82) is 0 Å². The largest absolute Gasteiger partial charge is 0.377 e. The van der Waals surface area contributed by atoms with Crippen molar-refractivity contribution in [2.24, 2.45) is 0 Å². The average Bonchev–Trinajstić information content (AvgIpc) is 2.60. The Balaban J connectivity index is 2.16. The van der Waals surface area contributed by atoms with E-state index in [-0.39, 0.29) is 17.0 Å². The van der Waals surface area contributed by atoms with Crippen LogP contribution in [0, 0.1) is 6.92 Å². The van der Waals surface area contributed by atoms with Crippen molar-refractivity contribution in [2.75, 3.05) is 7.11 Å². The fourth-order valence-electron chi connectivity index (χ4n) is 2.69. The number of ether oxygens (including phenoxy) is 1. The molecule has 2 aromatic rings. The van der Waals surface area contributed by atoms with E-state index >= 15 is 0 Å². The van der Waals surface area contributed by atoms with E-state index in [1.165, 1.54) is 0 Å². The Hall–Kier alpha value is -1.95. The van der Waals surface area contributed by atoms with Gasteiger partial charge in [-0.25, -0.2) is 13.1 Å². The van der Waals surface area contributed by atoms with Gasteiger partial charge in [0.05, 0.1) is 11.0 Å². The van der Waals surface area contributed by atoms with Gasteiger partial charge in [-0.3, -0.25) is 0 Å². The van der Waals surface area contributed by atoms with Crippen molar-refractivity contribution in [1.82, 2.24) is 4.72 Å². The van der Waals surface area contributed by atoms with Crippen LogP contribution in [0.25, 0.3) is 0 Å². The molecule has 0 spiro atoms. The van der Waals surface area contributed by atoms with Crippen molar-refractivity contribution in [3.05, 3.63) is 78.4 Å². The first-order valence-electron chi connectivity index (χ1n) is 8.24. The average molecular weight is 359 g/mol. The van der Waals surface area contributed by atoms with Crippen molar-refractivity contribution in [2.45, 2.75) is 36.8 Å². The maximum Gasteiger partial charge on any atom is 0.240 e. The number of hydrogen-bond acceptors (Lipinski definition) is 3. The molecule has 2 aromatic carbocycles. The van der Waals surface area contributed by atoms with E-state index in [1.54, 1.807) is 37.5 Å². The fourth-order valence-corrected chi connectivity index (χ4v) is 3.95. The van der Waals surface area contributed by atoms with Crippen LogP contribution in [0.4, 0.5) is 0 Å². The molecule has 0 saturated carbocycles. The zero-order valence-electron chi connectivity index (χ0n) is 14.7. The summed E-state index contributed by atoms with van der Waals surface area (Å²) in [5.41, 5.74) is 2.04. The monoisotopic (exact) mass is 359 g/mol. The van der Waals surface area contributed by atoms with Gasteiger partial charge in [0.15, 0.2) is 0 Å². The van der Waals surface area contributed by atoms with E-state index in [9.17, 15) is 8.42 Å². The van der Waals surface area contributed by atoms with Crippen LogP contribution in [-0.2, 0) is 14.8 Å². The summed E-state index contributed by atoms with van der Waals surface area (Å²) in [6.45, 7) is 5.67. The molecule has 2 rings (SSSR count). The molecule has 0 saturated heterocycles. The highest BCUT2D eigenvalue weighted by Crippen LogP contribution is 2.24. The summed E-state index contributed by atoms with van der Waals surface area (Å²) in [4.78, 5) is 0.265. The molecule has 2 atom stereocenters. The van der Waals surface area contributed by atoms with Crippen LogP contribution in [0.2, 0.25) is 0 Å². The second-order valence-electron chi connectivity index (χ2n) is 6.03. The molecule has 0 fully saturated rings. The van der Waals surface area contributed by atoms with Gasteiger partial charge >= 0.3 is 0 Å². The highest BCUT2D eigenvalue weighted by molar-refractivity contribution is 7.89. The third-order valence-corrected chi connectivity index (χ3v) is 5.60. The molecule has 25 heavy (non-hydrogen) atoms. The quantitative estimate of drug-likeness (QED) is 0.689. The number of sulfonamides is 1. The molecule has 5 heteroatoms. The Kier molecular flexibility index (Phi) is 6.93. The van der Waals surface area contributed by atoms with Gasteiger partial charge in [0.1, 0.15) is 0 Å². The van der Waals surface area contributed by atoms with E-state index in [0.29, 0.717) is 12.8 Å². The summed E-state index contributed by atoms with van der Waals surface area (Å²) >= 11 is 0. The Labute approximate surface area is 150 Å². The van der Waals surface area contributed by atoms with Gasteiger partial charge in [-0.1, -0.05) is 54.1 Å². The first kappa shape index (κ1) is 19.4. The summed E-state index contributed by atoms with van der Waals surface area (Å²) < 4.78 is 33.7. The predicted molar refractivity (Wildman–Crippen MR) is 101 cm³/mol. The van der Waals surface area contributed by atoms with E-state index in [4.69, 9.17) is 4.74 Å². The summed E-state index contributed by atoms with van der Waals surface area (Å²) in [5.74, 6) is 0. The zero-order valence-corrected chi connectivity index (χ0v) is 15.5. The lowest BCUT2D eigenvalue weighted by Crippen LogP contribution is -2.36. The minimum Gasteiger partial charge on any atom is -0.377 e. The Morgan fingerprint density at radius 3 is 2.32 bits per heavy atom. The molecule has 0 aromatic heterocycles. The van der Waals surface area contributed by atoms with Gasteiger partial charge < -0.3 is 4.74 Å². The smallest absolute Gasteiger partial charge is 0.240 e. The second kappa shape index (κ2) is 8.94. The van der Waals surface area contributed by atoms with Crippen molar-refractivity contribution < 1.29 is 13.2 Å². The maximum absolute atomic E-state index is 12.6. The number of nitrogens with one attached hydrogen (secondary N) is 1. The highest BCUT2D eigenvalue weighted by atomic mass is 32.2. The lowest BCUT2D eigenvalue weighted by molar-refractivity contribution is 0.0880. The molecule has 0 aliphatic heterocycles. The third kappa shape index (κ3) is 5.53. The zero-order chi connectivity index (χ0) is 18.3. The molecule has 0 radical (unpaired) electrons. The van der Waals surface area contributed by atoms with E-state index < -0.39 is 10.0 Å². The van der Waals surface area contributed by atoms with Gasteiger partial charge in [-0.15, -0.1) is 6.58 Å². The maximum atomic E-state index is 12.6. The molecule has 0 unspecified atom stereocenters. The molecule has 0 amide bonds. The minimum absolute atomic E-state index is 0.188. The first-order chi connectivity index (χ1) is 12.0. The van der Waals surface area contributed by atoms with Gasteiger partial charge in [-0.2, -0.15) is 0 Å². The topological polar surface area (TPSA) is 55.4 Å². The lowest BCUT2D eigenvalue weighted by Gasteiger charge is -2.23. The standard InChI is InChI=1S/C20H25NO3S/c1-4-8-18(15-20(24-3)17-9-6-5-7-10-17)21-25(22,23)19-13-11-16(2)12-14-19/h4-7,9-14,18,20-21H,1,8,15H2,2-3H3/t18-,20+/m0/s1. The number of hydrogen-bond donors (Lipinski definition) is 1. The summed E-state index contributed by atoms with van der Waals surface area (Å²) in [5, 5.41) is 0. The highest BCUT2D eigenvalue weighted by Gasteiger charge is 2.23. The van der Waals surface area contributed by atoms with Gasteiger partial charge in [0.25, 0.3) is 0 Å². The molecule has 0 aliphatic rings. The van der Waals surface area contributed by atoms with Crippen LogP contribution >= 0.6 is 0 Å². The van der Waals surface area contributed by atoms with E-state index in [0.717, 1.165) is 11.1 Å². The molecule has 1 N–H and O–H groups in total. The van der Waals surface area contributed by atoms with Gasteiger partial charge in [0, 0.05) is 13.2 Å². The number of aryl methyl sites for hydroxylation is 1. The van der Waals surface area contributed by atoms with Crippen LogP contribution in [0.15, 0.2) is 72.1 Å². The molecule has 4 nitrogen and oxygen atoms in total. The van der Waals surface area contributed by atoms with Crippen LogP contribution < -0.4 is 4.72 Å². The van der Waals surface area contributed by atoms with Crippen molar-refractivity contribution in [3.63, 3.8) is 0 Å². The first-order valence-corrected chi connectivity index (χ1v) is 9.72. The SMILES string of the molecule is C=CC[C@@H](C[C@@H](OC)c1ccccc1)NS(=O)(=O)c1ccc(C)cc1.